The lowest BCUT2D eigenvalue weighted by atomic mass is 10.1. The van der Waals surface area contributed by atoms with Gasteiger partial charge in [-0.3, -0.25) is 9.78 Å². The predicted octanol–water partition coefficient (Wildman–Crippen LogP) is 2.71. The average Bonchev–Trinajstić information content (AvgIpc) is 2.38. The van der Waals surface area contributed by atoms with Gasteiger partial charge < -0.3 is 4.74 Å². The van der Waals surface area contributed by atoms with Gasteiger partial charge in [0.2, 0.25) is 0 Å². The summed E-state index contributed by atoms with van der Waals surface area (Å²) < 4.78 is 4.69. The molecule has 1 atom stereocenters. The predicted molar refractivity (Wildman–Crippen MR) is 70.2 cm³/mol. The van der Waals surface area contributed by atoms with Crippen LogP contribution in [-0.4, -0.2) is 22.9 Å². The van der Waals surface area contributed by atoms with Crippen LogP contribution < -0.4 is 0 Å². The van der Waals surface area contributed by atoms with E-state index in [4.69, 9.17) is 4.74 Å². The van der Waals surface area contributed by atoms with Crippen molar-refractivity contribution in [3.8, 4) is 0 Å². The van der Waals surface area contributed by atoms with Crippen LogP contribution in [0.2, 0.25) is 0 Å². The van der Waals surface area contributed by atoms with Gasteiger partial charge in [0, 0.05) is 11.6 Å². The Morgan fingerprint density at radius 1 is 1.41 bits per heavy atom. The molecule has 0 saturated heterocycles. The van der Waals surface area contributed by atoms with E-state index in [0.717, 1.165) is 16.5 Å². The fraction of sp³-hybridized carbons (Fsp3) is 0.231. The number of hydrogen-bond acceptors (Lipinski definition) is 3. The molecule has 1 aromatic carbocycles. The third-order valence-electron chi connectivity index (χ3n) is 2.57. The molecule has 0 aliphatic heterocycles. The first kappa shape index (κ1) is 12.0. The zero-order chi connectivity index (χ0) is 12.3. The van der Waals surface area contributed by atoms with Crippen LogP contribution in [0.1, 0.15) is 5.56 Å². The molecule has 0 fully saturated rings. The van der Waals surface area contributed by atoms with Crippen LogP contribution in [0.5, 0.6) is 0 Å². The molecule has 0 amide bonds. The molecule has 1 unspecified atom stereocenters. The van der Waals surface area contributed by atoms with Crippen LogP contribution in [0.4, 0.5) is 0 Å². The van der Waals surface area contributed by atoms with Gasteiger partial charge >= 0.3 is 5.97 Å². The second-order valence-corrected chi connectivity index (χ2v) is 4.79. The van der Waals surface area contributed by atoms with Crippen LogP contribution in [0, 0.1) is 0 Å². The molecule has 3 nitrogen and oxygen atoms in total. The second-order valence-electron chi connectivity index (χ2n) is 3.69. The zero-order valence-corrected chi connectivity index (χ0v) is 11.0. The van der Waals surface area contributed by atoms with Gasteiger partial charge in [-0.1, -0.05) is 40.2 Å². The van der Waals surface area contributed by atoms with E-state index in [1.54, 1.807) is 6.20 Å². The molecule has 2 rings (SSSR count). The lowest BCUT2D eigenvalue weighted by Gasteiger charge is -2.09. The van der Waals surface area contributed by atoms with E-state index in [1.807, 2.05) is 30.3 Å². The largest absolute Gasteiger partial charge is 0.468 e. The molecule has 0 aliphatic rings. The van der Waals surface area contributed by atoms with Gasteiger partial charge in [-0.05, 0) is 18.1 Å². The van der Waals surface area contributed by atoms with Gasteiger partial charge in [-0.15, -0.1) is 0 Å². The number of ether oxygens (including phenoxy) is 1. The molecule has 0 aliphatic carbocycles. The Bertz CT molecular complexity index is 536. The number of rotatable bonds is 3. The maximum absolute atomic E-state index is 11.4. The van der Waals surface area contributed by atoms with E-state index in [-0.39, 0.29) is 10.8 Å². The molecule has 2 aromatic rings. The van der Waals surface area contributed by atoms with Gasteiger partial charge in [0.1, 0.15) is 4.83 Å². The van der Waals surface area contributed by atoms with E-state index < -0.39 is 0 Å². The van der Waals surface area contributed by atoms with Gasteiger partial charge in [0.05, 0.1) is 12.6 Å². The highest BCUT2D eigenvalue weighted by Gasteiger charge is 2.17. The second kappa shape index (κ2) is 5.27. The smallest absolute Gasteiger partial charge is 0.319 e. The Balaban J connectivity index is 2.33. The van der Waals surface area contributed by atoms with Crippen molar-refractivity contribution < 1.29 is 9.53 Å². The number of fused-ring (bicyclic) bond motifs is 1. The summed E-state index contributed by atoms with van der Waals surface area (Å²) in [6, 6.07) is 9.86. The van der Waals surface area contributed by atoms with E-state index in [9.17, 15) is 4.79 Å². The molecule has 0 N–H and O–H groups in total. The number of pyridine rings is 1. The normalized spacial score (nSPS) is 12.4. The first-order valence-electron chi connectivity index (χ1n) is 5.27. The summed E-state index contributed by atoms with van der Waals surface area (Å²) in [5, 5.41) is 1.08. The minimum Gasteiger partial charge on any atom is -0.468 e. The summed E-state index contributed by atoms with van der Waals surface area (Å²) in [5.74, 6) is -0.266. The summed E-state index contributed by atoms with van der Waals surface area (Å²) in [7, 11) is 1.39. The zero-order valence-electron chi connectivity index (χ0n) is 9.39. The Morgan fingerprint density at radius 3 is 2.94 bits per heavy atom. The molecule has 0 saturated carbocycles. The number of para-hydroxylation sites is 1. The maximum Gasteiger partial charge on any atom is 0.319 e. The maximum atomic E-state index is 11.4. The Morgan fingerprint density at radius 2 is 2.18 bits per heavy atom. The van der Waals surface area contributed by atoms with Crippen LogP contribution in [0.25, 0.3) is 10.9 Å². The van der Waals surface area contributed by atoms with E-state index in [0.29, 0.717) is 6.42 Å². The van der Waals surface area contributed by atoms with Gasteiger partial charge in [-0.2, -0.15) is 0 Å². The number of hydrogen-bond donors (Lipinski definition) is 0. The number of alkyl halides is 1. The summed E-state index contributed by atoms with van der Waals surface area (Å²) in [4.78, 5) is 15.4. The van der Waals surface area contributed by atoms with Gasteiger partial charge in [0.25, 0.3) is 0 Å². The molecular weight excluding hydrogens is 282 g/mol. The Hall–Kier alpha value is -1.42. The van der Waals surface area contributed by atoms with Crippen molar-refractivity contribution in [2.24, 2.45) is 0 Å². The molecule has 1 heterocycles. The lowest BCUT2D eigenvalue weighted by molar-refractivity contribution is -0.139. The van der Waals surface area contributed by atoms with E-state index in [1.165, 1.54) is 7.11 Å². The Labute approximate surface area is 108 Å². The van der Waals surface area contributed by atoms with Crippen molar-refractivity contribution in [2.75, 3.05) is 7.11 Å². The summed E-state index contributed by atoms with van der Waals surface area (Å²) >= 11 is 3.32. The standard InChI is InChI=1S/C13H12BrNO2/c1-17-13(16)11(14)8-10-5-2-4-9-6-3-7-15-12(9)10/h2-7,11H,8H2,1H3. The number of benzene rings is 1. The van der Waals surface area contributed by atoms with Crippen molar-refractivity contribution in [3.63, 3.8) is 0 Å². The number of halogens is 1. The number of esters is 1. The topological polar surface area (TPSA) is 39.2 Å². The molecule has 0 bridgehead atoms. The number of carbonyl (C=O) groups excluding carboxylic acids is 1. The summed E-state index contributed by atoms with van der Waals surface area (Å²) in [6.45, 7) is 0. The SMILES string of the molecule is COC(=O)C(Br)Cc1cccc2cccnc12. The van der Waals surface area contributed by atoms with Gasteiger partial charge in [-0.25, -0.2) is 0 Å². The first-order chi connectivity index (χ1) is 8.22. The summed E-state index contributed by atoms with van der Waals surface area (Å²) in [5.41, 5.74) is 1.97. The van der Waals surface area contributed by atoms with Crippen LogP contribution >= 0.6 is 15.9 Å². The van der Waals surface area contributed by atoms with Crippen molar-refractivity contribution in [3.05, 3.63) is 42.1 Å². The van der Waals surface area contributed by atoms with Crippen LogP contribution in [0.15, 0.2) is 36.5 Å². The van der Waals surface area contributed by atoms with E-state index >= 15 is 0 Å². The fourth-order valence-electron chi connectivity index (χ4n) is 1.74. The third kappa shape index (κ3) is 2.64. The van der Waals surface area contributed by atoms with Crippen molar-refractivity contribution in [1.82, 2.24) is 4.98 Å². The highest BCUT2D eigenvalue weighted by molar-refractivity contribution is 9.10. The minimum atomic E-state index is -0.333. The third-order valence-corrected chi connectivity index (χ3v) is 3.27. The van der Waals surface area contributed by atoms with Crippen molar-refractivity contribution >= 4 is 32.8 Å². The van der Waals surface area contributed by atoms with Crippen LogP contribution in [0.3, 0.4) is 0 Å². The molecule has 0 spiro atoms. The molecule has 1 aromatic heterocycles. The number of aromatic nitrogens is 1. The first-order valence-corrected chi connectivity index (χ1v) is 6.18. The molecule has 88 valence electrons. The minimum absolute atomic E-state index is 0.266. The van der Waals surface area contributed by atoms with Crippen LogP contribution in [-0.2, 0) is 16.0 Å². The lowest BCUT2D eigenvalue weighted by Crippen LogP contribution is -2.18. The van der Waals surface area contributed by atoms with Gasteiger partial charge in [0.15, 0.2) is 0 Å². The quantitative estimate of drug-likeness (QED) is 0.645. The molecule has 4 heteroatoms. The number of methoxy groups -OCH3 is 1. The highest BCUT2D eigenvalue weighted by Crippen LogP contribution is 2.19. The van der Waals surface area contributed by atoms with Crippen molar-refractivity contribution in [2.45, 2.75) is 11.2 Å². The molecule has 0 radical (unpaired) electrons. The number of nitrogens with zero attached hydrogens (tertiary/aromatic N) is 1. The molecule has 17 heavy (non-hydrogen) atoms. The monoisotopic (exact) mass is 293 g/mol. The number of carbonyl (C=O) groups is 1. The molecular formula is C13H12BrNO2. The van der Waals surface area contributed by atoms with Crippen molar-refractivity contribution in [1.29, 1.82) is 0 Å². The summed E-state index contributed by atoms with van der Waals surface area (Å²) in [6.07, 6.45) is 2.33. The highest BCUT2D eigenvalue weighted by atomic mass is 79.9. The Kier molecular flexibility index (Phi) is 3.74. The fourth-order valence-corrected chi connectivity index (χ4v) is 2.27. The van der Waals surface area contributed by atoms with E-state index in [2.05, 4.69) is 20.9 Å². The average molecular weight is 294 g/mol.